The summed E-state index contributed by atoms with van der Waals surface area (Å²) < 4.78 is 0. The number of carbonyl (C=O) groups is 2. The highest BCUT2D eigenvalue weighted by Gasteiger charge is 2.38. The molecule has 4 nitrogen and oxygen atoms in total. The molecule has 1 saturated carbocycles. The van der Waals surface area contributed by atoms with Gasteiger partial charge in [-0.15, -0.1) is 0 Å². The Kier molecular flexibility index (Phi) is 3.47. The van der Waals surface area contributed by atoms with Crippen molar-refractivity contribution in [3.8, 4) is 0 Å². The molecule has 2 amide bonds. The normalized spacial score (nSPS) is 21.6. The fourth-order valence-corrected chi connectivity index (χ4v) is 2.68. The number of hydrogen-bond acceptors (Lipinski definition) is 2. The maximum atomic E-state index is 12.6. The fourth-order valence-electron chi connectivity index (χ4n) is 2.68. The van der Waals surface area contributed by atoms with Crippen molar-refractivity contribution in [3.63, 3.8) is 0 Å². The standard InChI is InChI=1S/C16H20N2O2/c1-11-2-4-12(5-3-11)10-18(14-6-7-14)16(20)13-8-15(19)17-9-13/h2-5,13-14H,6-10H2,1H3,(H,17,19). The van der Waals surface area contributed by atoms with E-state index in [2.05, 4.69) is 36.5 Å². The van der Waals surface area contributed by atoms with Crippen LogP contribution in [0.25, 0.3) is 0 Å². The Bertz CT molecular complexity index is 520. The van der Waals surface area contributed by atoms with Gasteiger partial charge in [-0.1, -0.05) is 29.8 Å². The molecule has 20 heavy (non-hydrogen) atoms. The third-order valence-electron chi connectivity index (χ3n) is 4.07. The van der Waals surface area contributed by atoms with Gasteiger partial charge >= 0.3 is 0 Å². The van der Waals surface area contributed by atoms with Gasteiger partial charge in [-0.25, -0.2) is 0 Å². The van der Waals surface area contributed by atoms with E-state index in [0.29, 0.717) is 25.6 Å². The second-order valence-corrected chi connectivity index (χ2v) is 5.89. The Morgan fingerprint density at radius 2 is 2.00 bits per heavy atom. The lowest BCUT2D eigenvalue weighted by molar-refractivity contribution is -0.137. The molecule has 1 aromatic rings. The van der Waals surface area contributed by atoms with E-state index in [-0.39, 0.29) is 17.7 Å². The molecule has 1 aliphatic heterocycles. The van der Waals surface area contributed by atoms with Crippen LogP contribution in [0, 0.1) is 12.8 Å². The summed E-state index contributed by atoms with van der Waals surface area (Å²) in [6.45, 7) is 3.21. The maximum Gasteiger partial charge on any atom is 0.228 e. The van der Waals surface area contributed by atoms with E-state index in [1.807, 2.05) is 4.90 Å². The minimum atomic E-state index is -0.173. The summed E-state index contributed by atoms with van der Waals surface area (Å²) in [5.41, 5.74) is 2.39. The number of benzene rings is 1. The average molecular weight is 272 g/mol. The number of nitrogens with zero attached hydrogens (tertiary/aromatic N) is 1. The average Bonchev–Trinajstić information content (AvgIpc) is 3.19. The second kappa shape index (κ2) is 5.27. The summed E-state index contributed by atoms with van der Waals surface area (Å²) in [5.74, 6) is -0.0468. The van der Waals surface area contributed by atoms with Crippen molar-refractivity contribution in [1.82, 2.24) is 10.2 Å². The molecule has 1 unspecified atom stereocenters. The molecule has 2 fully saturated rings. The first kappa shape index (κ1) is 13.2. The molecule has 1 saturated heterocycles. The second-order valence-electron chi connectivity index (χ2n) is 5.89. The topological polar surface area (TPSA) is 49.4 Å². The van der Waals surface area contributed by atoms with Crippen molar-refractivity contribution < 1.29 is 9.59 Å². The summed E-state index contributed by atoms with van der Waals surface area (Å²) in [4.78, 5) is 25.8. The maximum absolute atomic E-state index is 12.6. The highest BCUT2D eigenvalue weighted by molar-refractivity contribution is 5.89. The van der Waals surface area contributed by atoms with Gasteiger partial charge in [-0.3, -0.25) is 9.59 Å². The van der Waals surface area contributed by atoms with Crippen molar-refractivity contribution >= 4 is 11.8 Å². The number of nitrogens with one attached hydrogen (secondary N) is 1. The summed E-state index contributed by atoms with van der Waals surface area (Å²) in [5, 5.41) is 2.75. The Balaban J connectivity index is 1.70. The van der Waals surface area contributed by atoms with E-state index in [4.69, 9.17) is 0 Å². The molecule has 0 aromatic heterocycles. The van der Waals surface area contributed by atoms with E-state index in [9.17, 15) is 9.59 Å². The number of carbonyl (C=O) groups excluding carboxylic acids is 2. The Hall–Kier alpha value is -1.84. The van der Waals surface area contributed by atoms with Gasteiger partial charge in [0.05, 0.1) is 5.92 Å². The van der Waals surface area contributed by atoms with E-state index in [0.717, 1.165) is 18.4 Å². The van der Waals surface area contributed by atoms with Crippen LogP contribution in [0.2, 0.25) is 0 Å². The highest BCUT2D eigenvalue weighted by Crippen LogP contribution is 2.30. The van der Waals surface area contributed by atoms with Crippen molar-refractivity contribution in [2.24, 2.45) is 5.92 Å². The third-order valence-corrected chi connectivity index (χ3v) is 4.07. The summed E-state index contributed by atoms with van der Waals surface area (Å²) in [6.07, 6.45) is 2.52. The van der Waals surface area contributed by atoms with Crippen LogP contribution >= 0.6 is 0 Å². The summed E-state index contributed by atoms with van der Waals surface area (Å²) in [6, 6.07) is 8.68. The van der Waals surface area contributed by atoms with Crippen LogP contribution in [-0.2, 0) is 16.1 Å². The van der Waals surface area contributed by atoms with Crippen molar-refractivity contribution in [2.75, 3.05) is 6.54 Å². The highest BCUT2D eigenvalue weighted by atomic mass is 16.2. The first-order valence-electron chi connectivity index (χ1n) is 7.26. The van der Waals surface area contributed by atoms with E-state index < -0.39 is 0 Å². The molecule has 1 aliphatic carbocycles. The first-order valence-corrected chi connectivity index (χ1v) is 7.26. The van der Waals surface area contributed by atoms with Crippen LogP contribution in [0.4, 0.5) is 0 Å². The quantitative estimate of drug-likeness (QED) is 0.905. The van der Waals surface area contributed by atoms with Gasteiger partial charge in [0.1, 0.15) is 0 Å². The van der Waals surface area contributed by atoms with Crippen LogP contribution in [0.3, 0.4) is 0 Å². The molecule has 0 spiro atoms. The molecule has 4 heteroatoms. The summed E-state index contributed by atoms with van der Waals surface area (Å²) >= 11 is 0. The minimum absolute atomic E-state index is 0.00515. The SMILES string of the molecule is Cc1ccc(CN(C(=O)C2CNC(=O)C2)C2CC2)cc1. The lowest BCUT2D eigenvalue weighted by Gasteiger charge is -2.25. The predicted molar refractivity (Wildman–Crippen MR) is 75.9 cm³/mol. The van der Waals surface area contributed by atoms with Gasteiger partial charge in [-0.2, -0.15) is 0 Å². The number of rotatable bonds is 4. The molecule has 1 N–H and O–H groups in total. The Morgan fingerprint density at radius 3 is 2.55 bits per heavy atom. The zero-order chi connectivity index (χ0) is 14.1. The van der Waals surface area contributed by atoms with Gasteiger partial charge < -0.3 is 10.2 Å². The Morgan fingerprint density at radius 1 is 1.30 bits per heavy atom. The van der Waals surface area contributed by atoms with E-state index in [1.54, 1.807) is 0 Å². The molecule has 1 aromatic carbocycles. The zero-order valence-electron chi connectivity index (χ0n) is 11.8. The molecule has 106 valence electrons. The van der Waals surface area contributed by atoms with Crippen molar-refractivity contribution in [3.05, 3.63) is 35.4 Å². The lowest BCUT2D eigenvalue weighted by atomic mass is 10.1. The fraction of sp³-hybridized carbons (Fsp3) is 0.500. The van der Waals surface area contributed by atoms with Crippen LogP contribution in [0.15, 0.2) is 24.3 Å². The van der Waals surface area contributed by atoms with Gasteiger partial charge in [0.2, 0.25) is 11.8 Å². The van der Waals surface area contributed by atoms with Gasteiger partial charge in [0.25, 0.3) is 0 Å². The molecular weight excluding hydrogens is 252 g/mol. The third kappa shape index (κ3) is 2.84. The number of hydrogen-bond donors (Lipinski definition) is 1. The molecule has 0 radical (unpaired) electrons. The summed E-state index contributed by atoms with van der Waals surface area (Å²) in [7, 11) is 0. The van der Waals surface area contributed by atoms with Crippen molar-refractivity contribution in [1.29, 1.82) is 0 Å². The largest absolute Gasteiger partial charge is 0.355 e. The lowest BCUT2D eigenvalue weighted by Crippen LogP contribution is -2.38. The molecule has 1 heterocycles. The Labute approximate surface area is 119 Å². The van der Waals surface area contributed by atoms with Crippen LogP contribution in [-0.4, -0.2) is 29.3 Å². The molecule has 3 rings (SSSR count). The molecule has 0 bridgehead atoms. The van der Waals surface area contributed by atoms with Crippen LogP contribution in [0.5, 0.6) is 0 Å². The van der Waals surface area contributed by atoms with Crippen molar-refractivity contribution in [2.45, 2.75) is 38.8 Å². The van der Waals surface area contributed by atoms with E-state index >= 15 is 0 Å². The minimum Gasteiger partial charge on any atom is -0.355 e. The van der Waals surface area contributed by atoms with Crippen LogP contribution < -0.4 is 5.32 Å². The first-order chi connectivity index (χ1) is 9.63. The van der Waals surface area contributed by atoms with Gasteiger partial charge in [-0.05, 0) is 25.3 Å². The monoisotopic (exact) mass is 272 g/mol. The van der Waals surface area contributed by atoms with Gasteiger partial charge in [0, 0.05) is 25.6 Å². The molecule has 1 atom stereocenters. The number of aryl methyl sites for hydroxylation is 1. The zero-order valence-corrected chi connectivity index (χ0v) is 11.8. The molecule has 2 aliphatic rings. The molecular formula is C16H20N2O2. The number of amides is 2. The van der Waals surface area contributed by atoms with E-state index in [1.165, 1.54) is 5.56 Å². The smallest absolute Gasteiger partial charge is 0.228 e. The van der Waals surface area contributed by atoms with Crippen LogP contribution in [0.1, 0.15) is 30.4 Å². The van der Waals surface area contributed by atoms with Gasteiger partial charge in [0.15, 0.2) is 0 Å². The predicted octanol–water partition coefficient (Wildman–Crippen LogP) is 1.62.